The van der Waals surface area contributed by atoms with Gasteiger partial charge in [-0.2, -0.15) is 0 Å². The summed E-state index contributed by atoms with van der Waals surface area (Å²) in [7, 11) is 0. The number of ketones is 1. The normalized spacial score (nSPS) is 48.1. The van der Waals surface area contributed by atoms with E-state index in [1.807, 2.05) is 12.2 Å². The van der Waals surface area contributed by atoms with Gasteiger partial charge in [-0.3, -0.25) is 4.79 Å². The van der Waals surface area contributed by atoms with Crippen molar-refractivity contribution in [1.82, 2.24) is 0 Å². The number of aliphatic hydroxyl groups excluding tert-OH is 1. The van der Waals surface area contributed by atoms with E-state index in [0.717, 1.165) is 25.7 Å². The molecule has 0 aliphatic heterocycles. The molecule has 0 amide bonds. The second-order valence-electron chi connectivity index (χ2n) is 7.91. The van der Waals surface area contributed by atoms with E-state index < -0.39 is 0 Å². The lowest BCUT2D eigenvalue weighted by Crippen LogP contribution is -2.48. The standard InChI is InChI=1S/C19H24O2/c1-18-9-7-13(20)11-12(18)3-4-14-15-5-6-17(21)19(15,2)10-8-16(14)18/h3-4,6,11,14-16,21H,5,7-10H2,1-2H3/t14-,15-,16-,18-,19-/m0/s1. The molecule has 4 aliphatic rings. The summed E-state index contributed by atoms with van der Waals surface area (Å²) >= 11 is 0. The van der Waals surface area contributed by atoms with Gasteiger partial charge in [-0.1, -0.05) is 26.0 Å². The van der Waals surface area contributed by atoms with Crippen molar-refractivity contribution in [3.63, 3.8) is 0 Å². The second kappa shape index (κ2) is 4.12. The minimum Gasteiger partial charge on any atom is -0.512 e. The maximum Gasteiger partial charge on any atom is 0.156 e. The van der Waals surface area contributed by atoms with Gasteiger partial charge in [0, 0.05) is 11.8 Å². The Balaban J connectivity index is 1.76. The first-order chi connectivity index (χ1) is 9.95. The van der Waals surface area contributed by atoms with Crippen molar-refractivity contribution in [3.8, 4) is 0 Å². The summed E-state index contributed by atoms with van der Waals surface area (Å²) in [6.45, 7) is 4.59. The lowest BCUT2D eigenvalue weighted by atomic mass is 9.49. The van der Waals surface area contributed by atoms with Gasteiger partial charge < -0.3 is 5.11 Å². The molecule has 1 fully saturated rings. The third-order valence-corrected chi connectivity index (χ3v) is 7.06. The first-order valence-corrected chi connectivity index (χ1v) is 8.28. The molecule has 4 rings (SSSR count). The molecule has 0 radical (unpaired) electrons. The zero-order valence-electron chi connectivity index (χ0n) is 12.9. The summed E-state index contributed by atoms with van der Waals surface area (Å²) in [6.07, 6.45) is 13.4. The summed E-state index contributed by atoms with van der Waals surface area (Å²) in [5.74, 6) is 2.60. The SMILES string of the molecule is C[C@]12CCC(=O)C=C1C=C[C@@H]1[C@@H]2CC[C@]2(C)C(O)=CC[C@@H]12. The number of rotatable bonds is 0. The molecular weight excluding hydrogens is 260 g/mol. The minimum atomic E-state index is -0.0203. The van der Waals surface area contributed by atoms with Gasteiger partial charge >= 0.3 is 0 Å². The zero-order chi connectivity index (χ0) is 14.8. The van der Waals surface area contributed by atoms with Crippen molar-refractivity contribution in [3.05, 3.63) is 35.6 Å². The molecule has 0 unspecified atom stereocenters. The maximum atomic E-state index is 11.7. The van der Waals surface area contributed by atoms with Gasteiger partial charge in [0.1, 0.15) is 0 Å². The van der Waals surface area contributed by atoms with Crippen LogP contribution in [-0.4, -0.2) is 10.9 Å². The van der Waals surface area contributed by atoms with Crippen LogP contribution in [0.25, 0.3) is 0 Å². The van der Waals surface area contributed by atoms with Crippen LogP contribution in [0.1, 0.15) is 46.0 Å². The highest BCUT2D eigenvalue weighted by atomic mass is 16.3. The third-order valence-electron chi connectivity index (χ3n) is 7.06. The monoisotopic (exact) mass is 284 g/mol. The van der Waals surface area contributed by atoms with Crippen molar-refractivity contribution in [1.29, 1.82) is 0 Å². The number of hydrogen-bond donors (Lipinski definition) is 1. The molecule has 21 heavy (non-hydrogen) atoms. The summed E-state index contributed by atoms with van der Waals surface area (Å²) in [6, 6.07) is 0. The van der Waals surface area contributed by atoms with Crippen molar-refractivity contribution in [2.45, 2.75) is 46.0 Å². The first-order valence-electron chi connectivity index (χ1n) is 8.28. The molecule has 5 atom stereocenters. The van der Waals surface area contributed by atoms with Crippen LogP contribution in [0.5, 0.6) is 0 Å². The molecule has 2 nitrogen and oxygen atoms in total. The van der Waals surface area contributed by atoms with Gasteiger partial charge in [0.15, 0.2) is 5.78 Å². The lowest BCUT2D eigenvalue weighted by molar-refractivity contribution is -0.116. The van der Waals surface area contributed by atoms with Crippen LogP contribution in [0.4, 0.5) is 0 Å². The Morgan fingerprint density at radius 2 is 2.00 bits per heavy atom. The smallest absolute Gasteiger partial charge is 0.156 e. The fourth-order valence-corrected chi connectivity index (χ4v) is 5.55. The van der Waals surface area contributed by atoms with E-state index >= 15 is 0 Å². The van der Waals surface area contributed by atoms with Gasteiger partial charge in [-0.05, 0) is 66.6 Å². The average molecular weight is 284 g/mol. The van der Waals surface area contributed by atoms with Crippen molar-refractivity contribution < 1.29 is 9.90 Å². The van der Waals surface area contributed by atoms with E-state index in [0.29, 0.717) is 29.9 Å². The Kier molecular flexibility index (Phi) is 2.62. The van der Waals surface area contributed by atoms with E-state index in [-0.39, 0.29) is 16.6 Å². The van der Waals surface area contributed by atoms with Crippen molar-refractivity contribution in [2.24, 2.45) is 28.6 Å². The van der Waals surface area contributed by atoms with Crippen molar-refractivity contribution >= 4 is 5.78 Å². The Hall–Kier alpha value is -1.31. The number of allylic oxidation sites excluding steroid dienone is 6. The molecule has 0 bridgehead atoms. The number of carbonyl (C=O) groups excluding carboxylic acids is 1. The van der Waals surface area contributed by atoms with Gasteiger partial charge in [-0.25, -0.2) is 0 Å². The van der Waals surface area contributed by atoms with Crippen molar-refractivity contribution in [2.75, 3.05) is 0 Å². The second-order valence-corrected chi connectivity index (χ2v) is 7.91. The molecule has 0 saturated heterocycles. The molecule has 1 N–H and O–H groups in total. The van der Waals surface area contributed by atoms with Crippen LogP contribution in [0.3, 0.4) is 0 Å². The predicted molar refractivity (Wildman–Crippen MR) is 82.7 cm³/mol. The third kappa shape index (κ3) is 1.62. The molecule has 0 aromatic carbocycles. The first kappa shape index (κ1) is 13.4. The Morgan fingerprint density at radius 3 is 2.81 bits per heavy atom. The van der Waals surface area contributed by atoms with Crippen LogP contribution >= 0.6 is 0 Å². The fraction of sp³-hybridized carbons (Fsp3) is 0.632. The predicted octanol–water partition coefficient (Wildman–Crippen LogP) is 4.35. The largest absolute Gasteiger partial charge is 0.512 e. The molecule has 0 aromatic heterocycles. The molecule has 1 saturated carbocycles. The average Bonchev–Trinajstić information content (AvgIpc) is 2.76. The molecule has 4 aliphatic carbocycles. The van der Waals surface area contributed by atoms with Gasteiger partial charge in [0.2, 0.25) is 0 Å². The lowest BCUT2D eigenvalue weighted by Gasteiger charge is -2.55. The Labute approximate surface area is 126 Å². The van der Waals surface area contributed by atoms with E-state index in [2.05, 4.69) is 26.0 Å². The van der Waals surface area contributed by atoms with E-state index in [1.165, 1.54) is 5.57 Å². The van der Waals surface area contributed by atoms with E-state index in [9.17, 15) is 9.90 Å². The van der Waals surface area contributed by atoms with Crippen LogP contribution in [0.2, 0.25) is 0 Å². The van der Waals surface area contributed by atoms with Crippen LogP contribution in [0.15, 0.2) is 35.6 Å². The van der Waals surface area contributed by atoms with Gasteiger partial charge in [0.05, 0.1) is 5.76 Å². The Bertz CT molecular complexity index is 597. The number of fused-ring (bicyclic) bond motifs is 5. The summed E-state index contributed by atoms with van der Waals surface area (Å²) in [4.78, 5) is 11.7. The molecule has 0 heterocycles. The number of hydrogen-bond acceptors (Lipinski definition) is 2. The van der Waals surface area contributed by atoms with Gasteiger partial charge in [0.25, 0.3) is 0 Å². The fourth-order valence-electron chi connectivity index (χ4n) is 5.55. The molecular formula is C19H24O2. The van der Waals surface area contributed by atoms with E-state index in [1.54, 1.807) is 0 Å². The molecule has 112 valence electrons. The number of aliphatic hydroxyl groups is 1. The Morgan fingerprint density at radius 1 is 1.19 bits per heavy atom. The summed E-state index contributed by atoms with van der Waals surface area (Å²) in [5.41, 5.74) is 1.39. The van der Waals surface area contributed by atoms with Crippen LogP contribution in [-0.2, 0) is 4.79 Å². The maximum absolute atomic E-state index is 11.7. The zero-order valence-corrected chi connectivity index (χ0v) is 12.9. The number of carbonyl (C=O) groups is 1. The molecule has 0 spiro atoms. The summed E-state index contributed by atoms with van der Waals surface area (Å²) < 4.78 is 0. The van der Waals surface area contributed by atoms with E-state index in [4.69, 9.17) is 0 Å². The van der Waals surface area contributed by atoms with Crippen LogP contribution < -0.4 is 0 Å². The highest BCUT2D eigenvalue weighted by Crippen LogP contribution is 2.63. The quantitative estimate of drug-likeness (QED) is 0.718. The van der Waals surface area contributed by atoms with Gasteiger partial charge in [-0.15, -0.1) is 0 Å². The molecule has 0 aromatic rings. The highest BCUT2D eigenvalue weighted by molar-refractivity contribution is 5.92. The topological polar surface area (TPSA) is 37.3 Å². The minimum absolute atomic E-state index is 0.0203. The molecule has 2 heteroatoms. The van der Waals surface area contributed by atoms with Crippen LogP contribution in [0, 0.1) is 28.6 Å². The summed E-state index contributed by atoms with van der Waals surface area (Å²) in [5, 5.41) is 10.3. The highest BCUT2D eigenvalue weighted by Gasteiger charge is 2.56.